The molecule has 0 heterocycles. The molecular formula is C18H19F3N2O2. The smallest absolute Gasteiger partial charge is 0.390 e. The predicted molar refractivity (Wildman–Crippen MR) is 89.6 cm³/mol. The molecule has 0 radical (unpaired) electrons. The van der Waals surface area contributed by atoms with E-state index in [0.29, 0.717) is 5.69 Å². The van der Waals surface area contributed by atoms with Crippen LogP contribution in [-0.4, -0.2) is 37.1 Å². The van der Waals surface area contributed by atoms with Gasteiger partial charge in [0.25, 0.3) is 0 Å². The molecule has 0 saturated heterocycles. The van der Waals surface area contributed by atoms with Gasteiger partial charge in [-0.05, 0) is 18.2 Å². The molecule has 0 spiro atoms. The Kier molecular flexibility index (Phi) is 5.81. The first-order valence-corrected chi connectivity index (χ1v) is 7.64. The van der Waals surface area contributed by atoms with E-state index in [2.05, 4.69) is 0 Å². The van der Waals surface area contributed by atoms with Crippen LogP contribution in [0.1, 0.15) is 21.5 Å². The monoisotopic (exact) mass is 352 g/mol. The number of halogens is 3. The normalized spacial score (nSPS) is 12.7. The number of nitrogens with two attached hydrogens (primary N) is 1. The number of carbonyl (C=O) groups is 1. The molecule has 3 N–H and O–H groups in total. The van der Waals surface area contributed by atoms with Crippen molar-refractivity contribution in [1.82, 2.24) is 0 Å². The van der Waals surface area contributed by atoms with Crippen LogP contribution < -0.4 is 10.6 Å². The summed E-state index contributed by atoms with van der Waals surface area (Å²) in [6, 6.07) is 11.1. The highest BCUT2D eigenvalue weighted by atomic mass is 19.4. The van der Waals surface area contributed by atoms with Crippen LogP contribution in [0, 0.1) is 0 Å². The number of aliphatic hydroxyl groups excluding tert-OH is 1. The second-order valence-electron chi connectivity index (χ2n) is 5.69. The molecule has 0 fully saturated rings. The zero-order chi connectivity index (χ0) is 18.6. The molecule has 25 heavy (non-hydrogen) atoms. The zero-order valence-electron chi connectivity index (χ0n) is 13.6. The number of aliphatic hydroxyl groups is 1. The molecule has 134 valence electrons. The first-order valence-electron chi connectivity index (χ1n) is 7.64. The summed E-state index contributed by atoms with van der Waals surface area (Å²) in [5.41, 5.74) is 4.99. The molecule has 2 aromatic rings. The van der Waals surface area contributed by atoms with Crippen molar-refractivity contribution in [3.8, 4) is 0 Å². The summed E-state index contributed by atoms with van der Waals surface area (Å²) in [5, 5.41) is 9.69. The Morgan fingerprint density at radius 1 is 1.20 bits per heavy atom. The molecule has 0 aliphatic carbocycles. The topological polar surface area (TPSA) is 66.6 Å². The predicted octanol–water partition coefficient (Wildman–Crippen LogP) is 2.69. The second-order valence-corrected chi connectivity index (χ2v) is 5.69. The molecule has 1 atom stereocenters. The standard InChI is InChI=1S/C18H19F3N2O2/c1-23(11-14(24)10-22)16-8-7-13(18(19,20)21)9-15(16)17(25)12-5-3-2-4-6-12/h2-9,14,24H,10-11,22H2,1H3. The molecule has 7 heteroatoms. The number of rotatable bonds is 6. The van der Waals surface area contributed by atoms with E-state index in [0.717, 1.165) is 12.1 Å². The van der Waals surface area contributed by atoms with E-state index >= 15 is 0 Å². The molecule has 1 unspecified atom stereocenters. The summed E-state index contributed by atoms with van der Waals surface area (Å²) in [4.78, 5) is 14.2. The minimum absolute atomic E-state index is 0.00688. The van der Waals surface area contributed by atoms with E-state index in [4.69, 9.17) is 5.73 Å². The average Bonchev–Trinajstić information content (AvgIpc) is 2.60. The number of anilines is 1. The molecule has 2 aromatic carbocycles. The summed E-state index contributed by atoms with van der Waals surface area (Å²) < 4.78 is 39.1. The average molecular weight is 352 g/mol. The third-order valence-electron chi connectivity index (χ3n) is 3.77. The number of alkyl halides is 3. The molecule has 0 aliphatic rings. The Labute approximate surface area is 143 Å². The maximum Gasteiger partial charge on any atom is 0.416 e. The summed E-state index contributed by atoms with van der Waals surface area (Å²) in [6.07, 6.45) is -5.41. The molecule has 0 aromatic heterocycles. The number of likely N-dealkylation sites (N-methyl/N-ethyl adjacent to an activating group) is 1. The fraction of sp³-hybridized carbons (Fsp3) is 0.278. The Morgan fingerprint density at radius 2 is 1.84 bits per heavy atom. The highest BCUT2D eigenvalue weighted by molar-refractivity contribution is 6.12. The van der Waals surface area contributed by atoms with Gasteiger partial charge in [0.2, 0.25) is 0 Å². The molecule has 0 amide bonds. The van der Waals surface area contributed by atoms with E-state index in [1.807, 2.05) is 0 Å². The van der Waals surface area contributed by atoms with Crippen LogP contribution in [0.4, 0.5) is 18.9 Å². The summed E-state index contributed by atoms with van der Waals surface area (Å²) in [7, 11) is 1.59. The summed E-state index contributed by atoms with van der Waals surface area (Å²) in [6.45, 7) is 0.101. The third-order valence-corrected chi connectivity index (χ3v) is 3.77. The summed E-state index contributed by atoms with van der Waals surface area (Å²) in [5.74, 6) is -0.518. The maximum atomic E-state index is 13.0. The number of hydrogen-bond donors (Lipinski definition) is 2. The lowest BCUT2D eigenvalue weighted by Crippen LogP contribution is -2.34. The van der Waals surface area contributed by atoms with Gasteiger partial charge in [-0.15, -0.1) is 0 Å². The fourth-order valence-electron chi connectivity index (χ4n) is 2.46. The van der Waals surface area contributed by atoms with Crippen LogP contribution in [0.3, 0.4) is 0 Å². The van der Waals surface area contributed by atoms with Crippen LogP contribution >= 0.6 is 0 Å². The number of ketones is 1. The van der Waals surface area contributed by atoms with E-state index in [-0.39, 0.29) is 24.2 Å². The van der Waals surface area contributed by atoms with Gasteiger partial charge in [-0.2, -0.15) is 13.2 Å². The lowest BCUT2D eigenvalue weighted by molar-refractivity contribution is -0.137. The van der Waals surface area contributed by atoms with E-state index < -0.39 is 23.6 Å². The van der Waals surface area contributed by atoms with Gasteiger partial charge in [0.05, 0.1) is 11.7 Å². The van der Waals surface area contributed by atoms with Gasteiger partial charge in [0.1, 0.15) is 0 Å². The molecule has 0 aliphatic heterocycles. The lowest BCUT2D eigenvalue weighted by atomic mass is 9.98. The van der Waals surface area contributed by atoms with Crippen molar-refractivity contribution >= 4 is 11.5 Å². The zero-order valence-corrected chi connectivity index (χ0v) is 13.6. The van der Waals surface area contributed by atoms with Gasteiger partial charge in [0.15, 0.2) is 5.78 Å². The number of hydrogen-bond acceptors (Lipinski definition) is 4. The van der Waals surface area contributed by atoms with Gasteiger partial charge in [-0.3, -0.25) is 4.79 Å². The van der Waals surface area contributed by atoms with E-state index in [1.165, 1.54) is 11.0 Å². The van der Waals surface area contributed by atoms with Crippen LogP contribution in [0.5, 0.6) is 0 Å². The first-order chi connectivity index (χ1) is 11.7. The molecule has 0 saturated carbocycles. The third kappa shape index (κ3) is 4.58. The minimum atomic E-state index is -4.56. The van der Waals surface area contributed by atoms with Crippen molar-refractivity contribution in [2.24, 2.45) is 5.73 Å². The lowest BCUT2D eigenvalue weighted by Gasteiger charge is -2.25. The van der Waals surface area contributed by atoms with Crippen molar-refractivity contribution in [2.45, 2.75) is 12.3 Å². The largest absolute Gasteiger partial charge is 0.416 e. The maximum absolute atomic E-state index is 13.0. The van der Waals surface area contributed by atoms with E-state index in [9.17, 15) is 23.1 Å². The van der Waals surface area contributed by atoms with Crippen LogP contribution in [0.2, 0.25) is 0 Å². The van der Waals surface area contributed by atoms with Crippen molar-refractivity contribution in [1.29, 1.82) is 0 Å². The number of carbonyl (C=O) groups excluding carboxylic acids is 1. The second kappa shape index (κ2) is 7.67. The van der Waals surface area contributed by atoms with Gasteiger partial charge < -0.3 is 15.7 Å². The van der Waals surface area contributed by atoms with E-state index in [1.54, 1.807) is 37.4 Å². The van der Waals surface area contributed by atoms with Crippen molar-refractivity contribution in [2.75, 3.05) is 25.0 Å². The Bertz CT molecular complexity index is 733. The van der Waals surface area contributed by atoms with Gasteiger partial charge in [0, 0.05) is 37.0 Å². The van der Waals surface area contributed by atoms with Crippen LogP contribution in [0.15, 0.2) is 48.5 Å². The SMILES string of the molecule is CN(CC(O)CN)c1ccc(C(F)(F)F)cc1C(=O)c1ccccc1. The minimum Gasteiger partial charge on any atom is -0.390 e. The summed E-state index contributed by atoms with van der Waals surface area (Å²) >= 11 is 0. The molecule has 0 bridgehead atoms. The van der Waals surface area contributed by atoms with Crippen molar-refractivity contribution < 1.29 is 23.1 Å². The van der Waals surface area contributed by atoms with Crippen molar-refractivity contribution in [3.05, 3.63) is 65.2 Å². The molecule has 4 nitrogen and oxygen atoms in total. The van der Waals surface area contributed by atoms with Gasteiger partial charge >= 0.3 is 6.18 Å². The van der Waals surface area contributed by atoms with Gasteiger partial charge in [-0.1, -0.05) is 30.3 Å². The highest BCUT2D eigenvalue weighted by Gasteiger charge is 2.32. The number of benzene rings is 2. The van der Waals surface area contributed by atoms with Gasteiger partial charge in [-0.25, -0.2) is 0 Å². The first kappa shape index (κ1) is 19.0. The molecule has 2 rings (SSSR count). The van der Waals surface area contributed by atoms with Crippen molar-refractivity contribution in [3.63, 3.8) is 0 Å². The fourth-order valence-corrected chi connectivity index (χ4v) is 2.46. The Hall–Kier alpha value is -2.38. The molecular weight excluding hydrogens is 333 g/mol. The Morgan fingerprint density at radius 3 is 2.40 bits per heavy atom. The number of nitrogens with zero attached hydrogens (tertiary/aromatic N) is 1. The highest BCUT2D eigenvalue weighted by Crippen LogP contribution is 2.33. The van der Waals surface area contributed by atoms with Crippen LogP contribution in [-0.2, 0) is 6.18 Å². The quantitative estimate of drug-likeness (QED) is 0.785. The Balaban J connectivity index is 2.50. The van der Waals surface area contributed by atoms with Crippen LogP contribution in [0.25, 0.3) is 0 Å².